The van der Waals surface area contributed by atoms with Crippen molar-refractivity contribution in [1.82, 2.24) is 19.5 Å². The fraction of sp³-hybridized carbons (Fsp3) is 0.643. The molecule has 0 amide bonds. The number of hydrogen-bond acceptors (Lipinski definition) is 8. The van der Waals surface area contributed by atoms with E-state index in [1.807, 2.05) is 0 Å². The van der Waals surface area contributed by atoms with E-state index in [2.05, 4.69) is 15.0 Å². The van der Waals surface area contributed by atoms with Gasteiger partial charge in [0.2, 0.25) is 0 Å². The van der Waals surface area contributed by atoms with Crippen molar-refractivity contribution in [2.45, 2.75) is 31.0 Å². The fourth-order valence-corrected chi connectivity index (χ4v) is 2.72. The Morgan fingerprint density at radius 1 is 1.46 bits per heavy atom. The summed E-state index contributed by atoms with van der Waals surface area (Å²) in [6, 6.07) is 0.104. The summed E-state index contributed by atoms with van der Waals surface area (Å²) in [5.74, 6) is 0.509. The highest BCUT2D eigenvalue weighted by Crippen LogP contribution is 2.40. The number of aliphatic hydroxyl groups is 2. The van der Waals surface area contributed by atoms with E-state index >= 15 is 0 Å². The first-order valence-corrected chi connectivity index (χ1v) is 7.39. The van der Waals surface area contributed by atoms with Gasteiger partial charge in [0, 0.05) is 14.1 Å². The zero-order valence-electron chi connectivity index (χ0n) is 13.8. The summed E-state index contributed by atoms with van der Waals surface area (Å²) in [6.07, 6.45) is -3.01. The monoisotopic (exact) mass is 341 g/mol. The minimum Gasteiger partial charge on any atom is -0.467 e. The zero-order valence-corrected chi connectivity index (χ0v) is 13.8. The van der Waals surface area contributed by atoms with Crippen molar-refractivity contribution in [3.63, 3.8) is 0 Å². The quantitative estimate of drug-likeness (QED) is 0.793. The van der Waals surface area contributed by atoms with Gasteiger partial charge in [0.15, 0.2) is 29.4 Å². The van der Waals surface area contributed by atoms with Crippen LogP contribution in [0.4, 0.5) is 10.2 Å². The van der Waals surface area contributed by atoms with Crippen LogP contribution in [-0.4, -0.2) is 75.4 Å². The summed E-state index contributed by atoms with van der Waals surface area (Å²) in [4.78, 5) is 14.4. The van der Waals surface area contributed by atoms with Crippen LogP contribution >= 0.6 is 0 Å². The molecule has 4 atom stereocenters. The summed E-state index contributed by atoms with van der Waals surface area (Å²) in [5.41, 5.74) is -0.640. The van der Waals surface area contributed by atoms with E-state index in [0.29, 0.717) is 17.0 Å². The van der Waals surface area contributed by atoms with Gasteiger partial charge in [-0.15, -0.1) is 0 Å². The number of nitrogens with zero attached hydrogens (tertiary/aromatic N) is 5. The average Bonchev–Trinajstić information content (AvgIpc) is 3.08. The lowest BCUT2D eigenvalue weighted by atomic mass is 9.99. The standard InChI is InChI=1S/C14H20FN5O4/c1-14(5-21)9(22)7(15)12(24-14)20-6-16-8-10(19(2)3)17-13(23-4)18-11(8)20/h6-7,9,12,21-22H,5H2,1-4H3/t7-,9+,12-,14-/m1/s1. The average molecular weight is 341 g/mol. The highest BCUT2D eigenvalue weighted by atomic mass is 19.1. The maximum absolute atomic E-state index is 14.6. The third kappa shape index (κ3) is 2.38. The third-order valence-corrected chi connectivity index (χ3v) is 4.17. The summed E-state index contributed by atoms with van der Waals surface area (Å²) in [6.45, 7) is 0.934. The minimum atomic E-state index is -1.75. The number of anilines is 1. The van der Waals surface area contributed by atoms with Crippen LogP contribution in [0.15, 0.2) is 6.33 Å². The molecular weight excluding hydrogens is 321 g/mol. The summed E-state index contributed by atoms with van der Waals surface area (Å²) >= 11 is 0. The lowest BCUT2D eigenvalue weighted by Crippen LogP contribution is -2.42. The van der Waals surface area contributed by atoms with Gasteiger partial charge in [-0.25, -0.2) is 9.37 Å². The van der Waals surface area contributed by atoms with Crippen LogP contribution in [0.5, 0.6) is 6.01 Å². The third-order valence-electron chi connectivity index (χ3n) is 4.17. The number of halogens is 1. The van der Waals surface area contributed by atoms with E-state index in [1.165, 1.54) is 24.9 Å². The number of rotatable bonds is 4. The topological polar surface area (TPSA) is 106 Å². The molecule has 1 fully saturated rings. The molecule has 1 aliphatic heterocycles. The molecule has 10 heteroatoms. The van der Waals surface area contributed by atoms with Crippen LogP contribution in [0.3, 0.4) is 0 Å². The molecule has 2 N–H and O–H groups in total. The van der Waals surface area contributed by atoms with Gasteiger partial charge in [0.1, 0.15) is 11.7 Å². The molecule has 1 aliphatic rings. The summed E-state index contributed by atoms with van der Waals surface area (Å²) < 4.78 is 26.6. The largest absolute Gasteiger partial charge is 0.467 e. The molecule has 9 nitrogen and oxygen atoms in total. The maximum Gasteiger partial charge on any atom is 0.320 e. The lowest BCUT2D eigenvalue weighted by Gasteiger charge is -2.24. The number of fused-ring (bicyclic) bond motifs is 1. The van der Waals surface area contributed by atoms with Gasteiger partial charge in [0.25, 0.3) is 0 Å². The van der Waals surface area contributed by atoms with E-state index in [9.17, 15) is 14.6 Å². The highest BCUT2D eigenvalue weighted by Gasteiger charge is 2.53. The number of hydrogen-bond donors (Lipinski definition) is 2. The molecule has 3 rings (SSSR count). The lowest BCUT2D eigenvalue weighted by molar-refractivity contribution is -0.115. The van der Waals surface area contributed by atoms with Crippen LogP contribution in [0, 0.1) is 0 Å². The molecule has 0 unspecified atom stereocenters. The number of alkyl halides is 1. The Hall–Kier alpha value is -2.04. The Kier molecular flexibility index (Phi) is 4.06. The molecule has 0 bridgehead atoms. The Morgan fingerprint density at radius 3 is 2.71 bits per heavy atom. The second-order valence-electron chi connectivity index (χ2n) is 6.12. The van der Waals surface area contributed by atoms with E-state index in [1.54, 1.807) is 19.0 Å². The first-order chi connectivity index (χ1) is 11.3. The number of ether oxygens (including phenoxy) is 2. The molecule has 132 valence electrons. The van der Waals surface area contributed by atoms with Crippen molar-refractivity contribution in [2.75, 3.05) is 32.7 Å². The first-order valence-electron chi connectivity index (χ1n) is 7.39. The van der Waals surface area contributed by atoms with Crippen LogP contribution in [0.1, 0.15) is 13.2 Å². The summed E-state index contributed by atoms with van der Waals surface area (Å²) in [5, 5.41) is 19.5. The van der Waals surface area contributed by atoms with Gasteiger partial charge in [-0.1, -0.05) is 0 Å². The minimum absolute atomic E-state index is 0.104. The Balaban J connectivity index is 2.13. The van der Waals surface area contributed by atoms with Crippen LogP contribution in [-0.2, 0) is 4.74 Å². The molecule has 2 aromatic heterocycles. The number of methoxy groups -OCH3 is 1. The molecule has 0 spiro atoms. The molecule has 3 heterocycles. The van der Waals surface area contributed by atoms with Gasteiger partial charge >= 0.3 is 6.01 Å². The number of imidazole rings is 1. The maximum atomic E-state index is 14.6. The molecule has 24 heavy (non-hydrogen) atoms. The SMILES string of the molecule is COc1nc(N(C)C)c2ncn([C@@H]3O[C@](C)(CO)[C@@H](O)[C@H]3F)c2n1. The first kappa shape index (κ1) is 16.8. The van der Waals surface area contributed by atoms with E-state index in [-0.39, 0.29) is 6.01 Å². The predicted molar refractivity (Wildman–Crippen MR) is 82.7 cm³/mol. The van der Waals surface area contributed by atoms with Crippen molar-refractivity contribution < 1.29 is 24.1 Å². The van der Waals surface area contributed by atoms with E-state index < -0.39 is 30.7 Å². The molecule has 0 aliphatic carbocycles. The van der Waals surface area contributed by atoms with Gasteiger partial charge < -0.3 is 24.6 Å². The molecule has 1 saturated heterocycles. The highest BCUT2D eigenvalue weighted by molar-refractivity contribution is 5.83. The normalized spacial score (nSPS) is 30.0. The van der Waals surface area contributed by atoms with Crippen molar-refractivity contribution in [3.8, 4) is 6.01 Å². The smallest absolute Gasteiger partial charge is 0.320 e. The predicted octanol–water partition coefficient (Wildman–Crippen LogP) is -0.120. The molecule has 2 aromatic rings. The Morgan fingerprint density at radius 2 is 2.17 bits per heavy atom. The summed E-state index contributed by atoms with van der Waals surface area (Å²) in [7, 11) is 5.01. The van der Waals surface area contributed by atoms with Crippen LogP contribution in [0.2, 0.25) is 0 Å². The van der Waals surface area contributed by atoms with E-state index in [0.717, 1.165) is 0 Å². The molecule has 0 radical (unpaired) electrons. The van der Waals surface area contributed by atoms with Crippen molar-refractivity contribution >= 4 is 17.0 Å². The molecule has 0 saturated carbocycles. The fourth-order valence-electron chi connectivity index (χ4n) is 2.72. The second-order valence-corrected chi connectivity index (χ2v) is 6.12. The van der Waals surface area contributed by atoms with Gasteiger partial charge in [-0.2, -0.15) is 9.97 Å². The molecule has 0 aromatic carbocycles. The van der Waals surface area contributed by atoms with Gasteiger partial charge in [0.05, 0.1) is 20.0 Å². The number of aliphatic hydroxyl groups excluding tert-OH is 2. The van der Waals surface area contributed by atoms with E-state index in [4.69, 9.17) is 9.47 Å². The second kappa shape index (κ2) is 5.80. The van der Waals surface area contributed by atoms with Crippen LogP contribution < -0.4 is 9.64 Å². The van der Waals surface area contributed by atoms with Crippen molar-refractivity contribution in [3.05, 3.63) is 6.33 Å². The van der Waals surface area contributed by atoms with Gasteiger partial charge in [-0.3, -0.25) is 4.57 Å². The Labute approximate surface area is 137 Å². The molecular formula is C14H20FN5O4. The van der Waals surface area contributed by atoms with Gasteiger partial charge in [-0.05, 0) is 6.92 Å². The Bertz CT molecular complexity index is 754. The van der Waals surface area contributed by atoms with Crippen molar-refractivity contribution in [2.24, 2.45) is 0 Å². The zero-order chi connectivity index (χ0) is 17.6. The van der Waals surface area contributed by atoms with Crippen molar-refractivity contribution in [1.29, 1.82) is 0 Å². The van der Waals surface area contributed by atoms with Crippen LogP contribution in [0.25, 0.3) is 11.2 Å². The number of aromatic nitrogens is 4.